The van der Waals surface area contributed by atoms with Gasteiger partial charge in [0.2, 0.25) is 5.95 Å². The van der Waals surface area contributed by atoms with Gasteiger partial charge in [0, 0.05) is 12.6 Å². The summed E-state index contributed by atoms with van der Waals surface area (Å²) in [5, 5.41) is 33.3. The minimum absolute atomic E-state index is 0. The number of imidazole rings is 1. The second-order valence-electron chi connectivity index (χ2n) is 11.7. The number of aromatic nitrogens is 4. The Morgan fingerprint density at radius 1 is 1.13 bits per heavy atom. The highest BCUT2D eigenvalue weighted by molar-refractivity contribution is 7.46. The van der Waals surface area contributed by atoms with Gasteiger partial charge in [0.25, 0.3) is 0 Å². The fourth-order valence-electron chi connectivity index (χ4n) is 5.46. The summed E-state index contributed by atoms with van der Waals surface area (Å²) in [4.78, 5) is 54.0. The molecule has 5 N–H and O–H groups in total. The lowest BCUT2D eigenvalue weighted by atomic mass is 10.00. The summed E-state index contributed by atoms with van der Waals surface area (Å²) in [5.74, 6) is -0.190. The third-order valence-corrected chi connectivity index (χ3v) is 8.84. The first-order chi connectivity index (χ1) is 24.4. The van der Waals surface area contributed by atoms with E-state index in [1.54, 1.807) is 6.07 Å². The number of nitrogens with zero attached hydrogens (tertiary/aromatic N) is 7. The molecule has 1 saturated heterocycles. The number of phosphoric acid groups is 1. The average molecular weight is 753 g/mol. The molecule has 0 spiro atoms. The van der Waals surface area contributed by atoms with Gasteiger partial charge in [0.15, 0.2) is 17.2 Å². The van der Waals surface area contributed by atoms with Gasteiger partial charge < -0.3 is 34.8 Å². The average Bonchev–Trinajstić information content (AvgIpc) is 3.82. The van der Waals surface area contributed by atoms with Gasteiger partial charge in [0.1, 0.15) is 17.9 Å². The summed E-state index contributed by atoms with van der Waals surface area (Å²) in [7, 11) is -3.53. The van der Waals surface area contributed by atoms with Crippen LogP contribution < -0.4 is 25.4 Å². The first-order valence-corrected chi connectivity index (χ1v) is 17.4. The third kappa shape index (κ3) is 8.98. The van der Waals surface area contributed by atoms with Gasteiger partial charge in [-0.05, 0) is 49.1 Å². The number of nitrogens with one attached hydrogen (secondary N) is 3. The molecule has 3 heterocycles. The number of alkyl carbamates (subject to hydrolysis) is 1. The zero-order valence-electron chi connectivity index (χ0n) is 26.8. The van der Waals surface area contributed by atoms with Crippen LogP contribution in [0.3, 0.4) is 0 Å². The predicted octanol–water partition coefficient (Wildman–Crippen LogP) is 4.04. The maximum Gasteiger partial charge on any atom is 0.524 e. The van der Waals surface area contributed by atoms with Crippen molar-refractivity contribution in [3.05, 3.63) is 64.4 Å². The number of anilines is 4. The van der Waals surface area contributed by atoms with Gasteiger partial charge in [-0.25, -0.2) is 14.3 Å². The van der Waals surface area contributed by atoms with E-state index in [9.17, 15) is 24.7 Å². The van der Waals surface area contributed by atoms with Crippen molar-refractivity contribution >= 4 is 60.3 Å². The van der Waals surface area contributed by atoms with Crippen LogP contribution in [0, 0.1) is 22.7 Å². The summed E-state index contributed by atoms with van der Waals surface area (Å²) in [5.41, 5.74) is 2.06. The van der Waals surface area contributed by atoms with Gasteiger partial charge in [-0.1, -0.05) is 31.2 Å². The number of nitriles is 2. The number of methoxy groups -OCH3 is 1. The zero-order valence-corrected chi connectivity index (χ0v) is 28.5. The number of hydrogen-bond acceptors (Lipinski definition) is 14. The summed E-state index contributed by atoms with van der Waals surface area (Å²) in [6.45, 7) is 0.415. The van der Waals surface area contributed by atoms with E-state index in [2.05, 4.69) is 47.7 Å². The Bertz CT molecular complexity index is 2110. The molecule has 272 valence electrons. The molecule has 1 aliphatic carbocycles. The quantitative estimate of drug-likeness (QED) is 0.107. The van der Waals surface area contributed by atoms with Crippen LogP contribution in [-0.4, -0.2) is 79.8 Å². The van der Waals surface area contributed by atoms with Crippen LogP contribution in [0.4, 0.5) is 27.9 Å². The first kappa shape index (κ1) is 37.6. The largest absolute Gasteiger partial charge is 0.524 e. The molecule has 6 rings (SSSR count). The number of rotatable bonds is 11. The summed E-state index contributed by atoms with van der Waals surface area (Å²) < 4.78 is 27.6. The molecule has 2 aliphatic rings. The molecule has 18 nitrogen and oxygen atoms in total. The van der Waals surface area contributed by atoms with Gasteiger partial charge >= 0.3 is 19.9 Å². The number of carbonyl (C=O) groups excluding carboxylic acids is 2. The number of phosphoric ester groups is 1. The lowest BCUT2D eigenvalue weighted by molar-refractivity contribution is -0.149. The summed E-state index contributed by atoms with van der Waals surface area (Å²) in [6, 6.07) is 12.5. The molecule has 52 heavy (non-hydrogen) atoms. The molecule has 1 amide bonds. The van der Waals surface area contributed by atoms with Gasteiger partial charge in [-0.15, -0.1) is 5.10 Å². The zero-order chi connectivity index (χ0) is 36.3. The molecule has 0 bridgehead atoms. The van der Waals surface area contributed by atoms with Gasteiger partial charge in [-0.2, -0.15) is 20.0 Å². The fourth-order valence-corrected chi connectivity index (χ4v) is 6.13. The molecule has 2 aromatic heterocycles. The highest BCUT2D eigenvalue weighted by Crippen LogP contribution is 2.39. The number of piperidine rings is 1. The Balaban J connectivity index is 0.00000523. The number of ether oxygens (including phenoxy) is 2. The molecular weight excluding hydrogens is 719 g/mol. The van der Waals surface area contributed by atoms with Crippen molar-refractivity contribution in [2.45, 2.75) is 51.3 Å². The van der Waals surface area contributed by atoms with Crippen molar-refractivity contribution in [1.29, 1.82) is 10.5 Å². The first-order valence-electron chi connectivity index (χ1n) is 15.5. The maximum absolute atomic E-state index is 13.1. The second kappa shape index (κ2) is 15.7. The predicted molar refractivity (Wildman–Crippen MR) is 187 cm³/mol. The van der Waals surface area contributed by atoms with Crippen LogP contribution in [0.5, 0.6) is 5.75 Å². The smallest absolute Gasteiger partial charge is 0.458 e. The molecule has 2 aromatic carbocycles. The number of hydrogen-bond donors (Lipinski definition) is 5. The molecule has 4 aromatic rings. The van der Waals surface area contributed by atoms with Gasteiger partial charge in [0.05, 0.1) is 60.3 Å². The highest BCUT2D eigenvalue weighted by atomic mass is 35.5. The topological polar surface area (TPSA) is 249 Å². The minimum atomic E-state index is -4.75. The molecular formula is C32H34ClN10O8P. The Hall–Kier alpha value is -5.65. The molecule has 2 atom stereocenters. The monoisotopic (exact) mass is 752 g/mol. The van der Waals surface area contributed by atoms with E-state index in [-0.39, 0.29) is 54.4 Å². The van der Waals surface area contributed by atoms with Crippen LogP contribution in [0.1, 0.15) is 43.5 Å². The molecule has 2 fully saturated rings. The van der Waals surface area contributed by atoms with Crippen molar-refractivity contribution in [3.63, 3.8) is 0 Å². The fraction of sp³-hybridized carbons (Fsp3) is 0.344. The van der Waals surface area contributed by atoms with E-state index in [1.807, 2.05) is 4.90 Å². The van der Waals surface area contributed by atoms with Crippen LogP contribution in [-0.2, 0) is 25.3 Å². The Morgan fingerprint density at radius 2 is 1.88 bits per heavy atom. The Kier molecular flexibility index (Phi) is 11.4. The van der Waals surface area contributed by atoms with E-state index in [4.69, 9.17) is 30.9 Å². The lowest BCUT2D eigenvalue weighted by Gasteiger charge is -2.39. The Labute approximate surface area is 302 Å². The molecule has 20 heteroatoms. The van der Waals surface area contributed by atoms with Crippen molar-refractivity contribution in [2.24, 2.45) is 0 Å². The summed E-state index contributed by atoms with van der Waals surface area (Å²) >= 11 is 6.95. The summed E-state index contributed by atoms with van der Waals surface area (Å²) in [6.07, 6.45) is 1.86. The molecule has 0 unspecified atom stereocenters. The van der Waals surface area contributed by atoms with E-state index >= 15 is 0 Å². The van der Waals surface area contributed by atoms with Crippen molar-refractivity contribution in [2.75, 3.05) is 35.7 Å². The van der Waals surface area contributed by atoms with Crippen LogP contribution in [0.15, 0.2) is 42.6 Å². The van der Waals surface area contributed by atoms with Crippen molar-refractivity contribution in [3.8, 4) is 17.9 Å². The van der Waals surface area contributed by atoms with E-state index in [0.717, 1.165) is 12.8 Å². The van der Waals surface area contributed by atoms with Crippen LogP contribution >= 0.6 is 19.4 Å². The number of halogens is 1. The normalized spacial score (nSPS) is 16.8. The SMILES string of the molecule is C.COC(=O)N[C@H]1CCN(c2cc(C#N)cc(Nc3nc(NC4CC4)c4ncc(C#N)n4n3)c2Cl)C[C@@H]1OC(=O)Cc1ccc(OP(=O)(O)O)cc1. The van der Waals surface area contributed by atoms with E-state index in [1.165, 1.54) is 48.2 Å². The minimum Gasteiger partial charge on any atom is -0.458 e. The number of amides is 1. The van der Waals surface area contributed by atoms with E-state index < -0.39 is 32.0 Å². The second-order valence-corrected chi connectivity index (χ2v) is 13.2. The number of fused-ring (bicyclic) bond motifs is 1. The molecule has 1 aliphatic heterocycles. The lowest BCUT2D eigenvalue weighted by Crippen LogP contribution is -2.56. The van der Waals surface area contributed by atoms with E-state index in [0.29, 0.717) is 41.4 Å². The van der Waals surface area contributed by atoms with Crippen molar-refractivity contribution in [1.82, 2.24) is 24.9 Å². The van der Waals surface area contributed by atoms with Crippen LogP contribution in [0.25, 0.3) is 5.65 Å². The van der Waals surface area contributed by atoms with Crippen LogP contribution in [0.2, 0.25) is 5.02 Å². The highest BCUT2D eigenvalue weighted by Gasteiger charge is 2.35. The number of esters is 1. The molecule has 1 saturated carbocycles. The number of carbonyl (C=O) groups is 2. The van der Waals surface area contributed by atoms with Crippen molar-refractivity contribution < 1.29 is 37.9 Å². The Morgan fingerprint density at radius 3 is 2.54 bits per heavy atom. The molecule has 0 radical (unpaired) electrons. The van der Waals surface area contributed by atoms with Gasteiger partial charge in [-0.3, -0.25) is 14.6 Å². The maximum atomic E-state index is 13.1. The number of benzene rings is 2. The standard InChI is InChI=1S/C31H30ClN10O8P.CH4/c1-48-31(44)38-22-8-9-41(16-25(22)49-26(43)12-17-2-6-21(7-3-17)50-51(45,46)47)24-11-18(13-33)10-23(27(24)32)37-30-39-28(36-19-4-5-19)29-35-15-20(14-34)42(29)40-30;/h2-3,6-7,10-11,15,19,22,25H,4-5,8-9,12,16H2,1H3,(H,38,44)(H2,45,46,47)(H2,36,37,39,40);1H4/t22-,25-;/m0./s1. The third-order valence-electron chi connectivity index (χ3n) is 7.99.